The van der Waals surface area contributed by atoms with Crippen LogP contribution in [0.25, 0.3) is 0 Å². The van der Waals surface area contributed by atoms with E-state index in [0.717, 1.165) is 30.5 Å². The SMILES string of the molecule is Fc1cc2ccc1CC1CCN(CC2)CC1. The van der Waals surface area contributed by atoms with Crippen LogP contribution in [0.5, 0.6) is 0 Å². The molecule has 0 aliphatic carbocycles. The van der Waals surface area contributed by atoms with Crippen LogP contribution in [-0.4, -0.2) is 24.5 Å². The third-order valence-electron chi connectivity index (χ3n) is 4.05. The van der Waals surface area contributed by atoms with Crippen molar-refractivity contribution in [2.24, 2.45) is 5.92 Å². The van der Waals surface area contributed by atoms with Crippen molar-refractivity contribution in [3.8, 4) is 0 Å². The summed E-state index contributed by atoms with van der Waals surface area (Å²) < 4.78 is 13.8. The molecule has 0 amide bonds. The molecule has 1 aromatic rings. The summed E-state index contributed by atoms with van der Waals surface area (Å²) in [7, 11) is 0. The first-order valence-electron chi connectivity index (χ1n) is 6.31. The van der Waals surface area contributed by atoms with Crippen molar-refractivity contribution in [1.82, 2.24) is 4.90 Å². The summed E-state index contributed by atoms with van der Waals surface area (Å²) in [4.78, 5) is 2.52. The zero-order valence-electron chi connectivity index (χ0n) is 9.58. The smallest absolute Gasteiger partial charge is 0.126 e. The second-order valence-corrected chi connectivity index (χ2v) is 5.16. The first kappa shape index (κ1) is 10.3. The summed E-state index contributed by atoms with van der Waals surface area (Å²) >= 11 is 0. The van der Waals surface area contributed by atoms with Crippen LogP contribution >= 0.6 is 0 Å². The third kappa shape index (κ3) is 1.99. The van der Waals surface area contributed by atoms with E-state index in [1.807, 2.05) is 6.07 Å². The highest BCUT2D eigenvalue weighted by atomic mass is 19.1. The van der Waals surface area contributed by atoms with E-state index in [0.29, 0.717) is 5.92 Å². The van der Waals surface area contributed by atoms with E-state index in [2.05, 4.69) is 11.0 Å². The van der Waals surface area contributed by atoms with Crippen molar-refractivity contribution in [2.75, 3.05) is 19.6 Å². The standard InChI is InChI=1S/C14H18FN/c15-14-10-11-1-2-13(14)9-12-4-7-16(6-3-11)8-5-12/h1-2,10,12H,3-9H2. The lowest BCUT2D eigenvalue weighted by atomic mass is 9.90. The van der Waals surface area contributed by atoms with E-state index in [4.69, 9.17) is 0 Å². The lowest BCUT2D eigenvalue weighted by molar-refractivity contribution is 0.186. The molecular formula is C14H18FN. The van der Waals surface area contributed by atoms with Crippen molar-refractivity contribution in [3.63, 3.8) is 0 Å². The molecule has 1 fully saturated rings. The normalized spacial score (nSPS) is 29.1. The summed E-state index contributed by atoms with van der Waals surface area (Å²) in [5, 5.41) is 0. The Morgan fingerprint density at radius 1 is 1.12 bits per heavy atom. The Morgan fingerprint density at radius 3 is 2.69 bits per heavy atom. The first-order valence-corrected chi connectivity index (χ1v) is 6.31. The second kappa shape index (κ2) is 4.17. The number of hydrogen-bond donors (Lipinski definition) is 0. The Hall–Kier alpha value is -0.890. The van der Waals surface area contributed by atoms with Gasteiger partial charge in [0.05, 0.1) is 0 Å². The zero-order chi connectivity index (χ0) is 11.0. The fourth-order valence-corrected chi connectivity index (χ4v) is 2.92. The summed E-state index contributed by atoms with van der Waals surface area (Å²) in [6, 6.07) is 5.84. The fourth-order valence-electron chi connectivity index (χ4n) is 2.92. The van der Waals surface area contributed by atoms with E-state index >= 15 is 0 Å². The molecule has 1 nitrogen and oxygen atoms in total. The maximum absolute atomic E-state index is 13.8. The maximum Gasteiger partial charge on any atom is 0.126 e. The predicted molar refractivity (Wildman–Crippen MR) is 63.0 cm³/mol. The van der Waals surface area contributed by atoms with E-state index in [1.54, 1.807) is 6.07 Å². The van der Waals surface area contributed by atoms with Gasteiger partial charge in [0.25, 0.3) is 0 Å². The van der Waals surface area contributed by atoms with Gasteiger partial charge in [-0.1, -0.05) is 12.1 Å². The topological polar surface area (TPSA) is 3.24 Å². The lowest BCUT2D eigenvalue weighted by Gasteiger charge is -2.31. The van der Waals surface area contributed by atoms with Crippen LogP contribution in [0.2, 0.25) is 0 Å². The fraction of sp³-hybridized carbons (Fsp3) is 0.571. The van der Waals surface area contributed by atoms with Gasteiger partial charge in [0.15, 0.2) is 0 Å². The highest BCUT2D eigenvalue weighted by Gasteiger charge is 2.21. The quantitative estimate of drug-likeness (QED) is 0.648. The number of halogens is 1. The molecule has 0 saturated carbocycles. The van der Waals surface area contributed by atoms with Gasteiger partial charge in [-0.25, -0.2) is 4.39 Å². The molecule has 0 unspecified atom stereocenters. The van der Waals surface area contributed by atoms with Crippen LogP contribution in [0.3, 0.4) is 0 Å². The highest BCUT2D eigenvalue weighted by molar-refractivity contribution is 5.25. The van der Waals surface area contributed by atoms with Gasteiger partial charge >= 0.3 is 0 Å². The van der Waals surface area contributed by atoms with Crippen molar-refractivity contribution >= 4 is 0 Å². The van der Waals surface area contributed by atoms with E-state index in [-0.39, 0.29) is 5.82 Å². The van der Waals surface area contributed by atoms with Gasteiger partial charge in [-0.15, -0.1) is 0 Å². The Bertz CT molecular complexity index is 380. The molecular weight excluding hydrogens is 201 g/mol. The van der Waals surface area contributed by atoms with Gasteiger partial charge in [0.2, 0.25) is 0 Å². The molecule has 1 saturated heterocycles. The average molecular weight is 219 g/mol. The predicted octanol–water partition coefficient (Wildman–Crippen LogP) is 2.64. The van der Waals surface area contributed by atoms with E-state index in [9.17, 15) is 4.39 Å². The van der Waals surface area contributed by atoms with E-state index in [1.165, 1.54) is 25.9 Å². The van der Waals surface area contributed by atoms with Crippen LogP contribution in [0, 0.1) is 11.7 Å². The molecule has 6 rings (SSSR count). The number of nitrogens with zero attached hydrogens (tertiary/aromatic N) is 1. The molecule has 0 N–H and O–H groups in total. The molecule has 1 aromatic carbocycles. The number of hydrogen-bond acceptors (Lipinski definition) is 1. The minimum Gasteiger partial charge on any atom is -0.303 e. The first-order chi connectivity index (χ1) is 7.81. The van der Waals surface area contributed by atoms with Crippen molar-refractivity contribution < 1.29 is 4.39 Å². The van der Waals surface area contributed by atoms with Crippen LogP contribution in [0.15, 0.2) is 18.2 Å². The number of rotatable bonds is 0. The molecule has 0 radical (unpaired) electrons. The van der Waals surface area contributed by atoms with Gasteiger partial charge in [-0.2, -0.15) is 0 Å². The largest absolute Gasteiger partial charge is 0.303 e. The third-order valence-corrected chi connectivity index (χ3v) is 4.05. The zero-order valence-corrected chi connectivity index (χ0v) is 9.58. The van der Waals surface area contributed by atoms with Crippen LogP contribution in [0.1, 0.15) is 24.0 Å². The van der Waals surface area contributed by atoms with Crippen molar-refractivity contribution in [1.29, 1.82) is 0 Å². The van der Waals surface area contributed by atoms with Gasteiger partial charge in [-0.3, -0.25) is 0 Å². The molecule has 0 aromatic heterocycles. The van der Waals surface area contributed by atoms with Gasteiger partial charge in [-0.05, 0) is 61.9 Å². The molecule has 0 atom stereocenters. The number of piperidine rings is 1. The lowest BCUT2D eigenvalue weighted by Crippen LogP contribution is -2.35. The minimum absolute atomic E-state index is 0.0119. The monoisotopic (exact) mass is 219 g/mol. The van der Waals surface area contributed by atoms with Crippen molar-refractivity contribution in [3.05, 3.63) is 35.1 Å². The summed E-state index contributed by atoms with van der Waals surface area (Å²) in [5.41, 5.74) is 2.07. The van der Waals surface area contributed by atoms with Gasteiger partial charge in [0, 0.05) is 6.54 Å². The summed E-state index contributed by atoms with van der Waals surface area (Å²) in [6.07, 6.45) is 4.39. The van der Waals surface area contributed by atoms with Gasteiger partial charge in [0.1, 0.15) is 5.82 Å². The van der Waals surface area contributed by atoms with E-state index < -0.39 is 0 Å². The van der Waals surface area contributed by atoms with Crippen LogP contribution in [-0.2, 0) is 12.8 Å². The average Bonchev–Trinajstić information content (AvgIpc) is 2.39. The summed E-state index contributed by atoms with van der Waals surface area (Å²) in [5.74, 6) is 0.701. The molecule has 2 heteroatoms. The molecule has 86 valence electrons. The second-order valence-electron chi connectivity index (χ2n) is 5.16. The molecule has 0 spiro atoms. The number of benzene rings is 1. The molecule has 5 aliphatic rings. The Labute approximate surface area is 96.3 Å². The van der Waals surface area contributed by atoms with Gasteiger partial charge < -0.3 is 4.90 Å². The maximum atomic E-state index is 13.8. The molecule has 5 aliphatic heterocycles. The Morgan fingerprint density at radius 2 is 1.94 bits per heavy atom. The Balaban J connectivity index is 1.93. The van der Waals surface area contributed by atoms with Crippen molar-refractivity contribution in [2.45, 2.75) is 25.7 Å². The summed E-state index contributed by atoms with van der Waals surface area (Å²) in [6.45, 7) is 3.49. The highest BCUT2D eigenvalue weighted by Crippen LogP contribution is 2.25. The molecule has 5 heterocycles. The molecule has 4 bridgehead atoms. The minimum atomic E-state index is 0.0119. The Kier molecular flexibility index (Phi) is 2.68. The van der Waals surface area contributed by atoms with Crippen LogP contribution in [0.4, 0.5) is 4.39 Å². The van der Waals surface area contributed by atoms with Crippen LogP contribution < -0.4 is 0 Å². The molecule has 16 heavy (non-hydrogen) atoms.